The second-order valence-electron chi connectivity index (χ2n) is 5.44. The highest BCUT2D eigenvalue weighted by Gasteiger charge is 2.21. The van der Waals surface area contributed by atoms with E-state index in [1.807, 2.05) is 11.9 Å². The summed E-state index contributed by atoms with van der Waals surface area (Å²) < 4.78 is 0. The maximum absolute atomic E-state index is 11.8. The van der Waals surface area contributed by atoms with Crippen molar-refractivity contribution in [2.45, 2.75) is 25.7 Å². The molecule has 1 saturated carbocycles. The molecular weight excluding hydrogens is 214 g/mol. The Hall–Kier alpha value is -0.610. The monoisotopic (exact) mass is 239 g/mol. The molecular formula is C13H25N3O. The van der Waals surface area contributed by atoms with Crippen LogP contribution >= 0.6 is 0 Å². The van der Waals surface area contributed by atoms with Gasteiger partial charge in [-0.25, -0.2) is 0 Å². The number of nitrogens with one attached hydrogen (secondary N) is 1. The van der Waals surface area contributed by atoms with Crippen molar-refractivity contribution >= 4 is 5.91 Å². The summed E-state index contributed by atoms with van der Waals surface area (Å²) in [5.41, 5.74) is 0. The summed E-state index contributed by atoms with van der Waals surface area (Å²) in [7, 11) is 1.91. The highest BCUT2D eigenvalue weighted by Crippen LogP contribution is 2.27. The first-order chi connectivity index (χ1) is 8.25. The average molecular weight is 239 g/mol. The molecule has 1 heterocycles. The van der Waals surface area contributed by atoms with Crippen LogP contribution in [0.4, 0.5) is 0 Å². The molecule has 0 radical (unpaired) electrons. The molecule has 1 saturated heterocycles. The lowest BCUT2D eigenvalue weighted by atomic mass is 10.4. The van der Waals surface area contributed by atoms with Crippen LogP contribution in [0.5, 0.6) is 0 Å². The molecule has 0 atom stereocenters. The molecule has 0 aromatic heterocycles. The lowest BCUT2D eigenvalue weighted by Gasteiger charge is -2.21. The summed E-state index contributed by atoms with van der Waals surface area (Å²) in [5.74, 6) is 1.07. The van der Waals surface area contributed by atoms with Crippen LogP contribution in [0.2, 0.25) is 0 Å². The smallest absolute Gasteiger partial charge is 0.236 e. The zero-order valence-corrected chi connectivity index (χ0v) is 11.0. The quantitative estimate of drug-likeness (QED) is 0.704. The third kappa shape index (κ3) is 4.64. The topological polar surface area (TPSA) is 35.6 Å². The normalized spacial score (nSPS) is 20.8. The molecule has 1 N–H and O–H groups in total. The second-order valence-corrected chi connectivity index (χ2v) is 5.44. The minimum atomic E-state index is 0.227. The number of likely N-dealkylation sites (N-methyl/N-ethyl adjacent to an activating group) is 1. The number of likely N-dealkylation sites (tertiary alicyclic amines) is 1. The van der Waals surface area contributed by atoms with E-state index in [-0.39, 0.29) is 5.91 Å². The Morgan fingerprint density at radius 2 is 2.06 bits per heavy atom. The van der Waals surface area contributed by atoms with Gasteiger partial charge in [0.25, 0.3) is 0 Å². The van der Waals surface area contributed by atoms with E-state index in [0.29, 0.717) is 6.54 Å². The summed E-state index contributed by atoms with van der Waals surface area (Å²) in [6.45, 7) is 5.84. The van der Waals surface area contributed by atoms with Crippen molar-refractivity contribution in [2.24, 2.45) is 5.92 Å². The maximum atomic E-state index is 11.8. The molecule has 2 aliphatic rings. The third-order valence-electron chi connectivity index (χ3n) is 3.78. The first kappa shape index (κ1) is 12.8. The van der Waals surface area contributed by atoms with Crippen LogP contribution < -0.4 is 5.32 Å². The van der Waals surface area contributed by atoms with Gasteiger partial charge in [0.05, 0.1) is 6.54 Å². The molecule has 0 spiro atoms. The van der Waals surface area contributed by atoms with E-state index in [2.05, 4.69) is 10.2 Å². The van der Waals surface area contributed by atoms with E-state index >= 15 is 0 Å². The summed E-state index contributed by atoms with van der Waals surface area (Å²) in [6, 6.07) is 0. The van der Waals surface area contributed by atoms with Crippen LogP contribution in [-0.4, -0.2) is 62.0 Å². The van der Waals surface area contributed by atoms with Crippen LogP contribution in [0, 0.1) is 5.92 Å². The second kappa shape index (κ2) is 6.36. The Bertz CT molecular complexity index is 247. The van der Waals surface area contributed by atoms with Crippen LogP contribution in [-0.2, 0) is 4.79 Å². The van der Waals surface area contributed by atoms with Crippen LogP contribution in [0.15, 0.2) is 0 Å². The number of carbonyl (C=O) groups is 1. The van der Waals surface area contributed by atoms with Crippen molar-refractivity contribution < 1.29 is 4.79 Å². The van der Waals surface area contributed by atoms with Crippen molar-refractivity contribution in [3.8, 4) is 0 Å². The molecule has 0 aromatic rings. The fraction of sp³-hybridized carbons (Fsp3) is 0.923. The number of rotatable bonds is 7. The predicted molar refractivity (Wildman–Crippen MR) is 68.9 cm³/mol. The fourth-order valence-electron chi connectivity index (χ4n) is 2.26. The molecule has 1 aliphatic heterocycles. The minimum absolute atomic E-state index is 0.227. The molecule has 4 nitrogen and oxygen atoms in total. The number of carbonyl (C=O) groups excluding carboxylic acids is 1. The number of nitrogens with zero attached hydrogens (tertiary/aromatic N) is 2. The number of hydrogen-bond acceptors (Lipinski definition) is 3. The fourth-order valence-corrected chi connectivity index (χ4v) is 2.26. The lowest BCUT2D eigenvalue weighted by molar-refractivity contribution is -0.129. The molecule has 1 amide bonds. The largest absolute Gasteiger partial charge is 0.343 e. The van der Waals surface area contributed by atoms with E-state index < -0.39 is 0 Å². The van der Waals surface area contributed by atoms with Gasteiger partial charge in [-0.05, 0) is 51.2 Å². The van der Waals surface area contributed by atoms with Gasteiger partial charge in [-0.3, -0.25) is 4.79 Å². The Balaban J connectivity index is 1.53. The Kier molecular flexibility index (Phi) is 4.80. The van der Waals surface area contributed by atoms with Gasteiger partial charge in [0.2, 0.25) is 5.91 Å². The summed E-state index contributed by atoms with van der Waals surface area (Å²) in [4.78, 5) is 16.1. The van der Waals surface area contributed by atoms with Gasteiger partial charge < -0.3 is 15.1 Å². The van der Waals surface area contributed by atoms with Crippen LogP contribution in [0.3, 0.4) is 0 Å². The third-order valence-corrected chi connectivity index (χ3v) is 3.78. The van der Waals surface area contributed by atoms with Gasteiger partial charge in [0.15, 0.2) is 0 Å². The summed E-state index contributed by atoms with van der Waals surface area (Å²) in [5, 5.41) is 3.25. The first-order valence-corrected chi connectivity index (χ1v) is 6.93. The van der Waals surface area contributed by atoms with Crippen molar-refractivity contribution in [2.75, 3.05) is 46.3 Å². The zero-order chi connectivity index (χ0) is 12.1. The van der Waals surface area contributed by atoms with Crippen LogP contribution in [0.1, 0.15) is 25.7 Å². The molecule has 2 fully saturated rings. The van der Waals surface area contributed by atoms with E-state index in [1.54, 1.807) is 0 Å². The Labute approximate surface area is 104 Å². The summed E-state index contributed by atoms with van der Waals surface area (Å²) >= 11 is 0. The average Bonchev–Trinajstić information content (AvgIpc) is 3.00. The van der Waals surface area contributed by atoms with Gasteiger partial charge in [-0.15, -0.1) is 0 Å². The minimum Gasteiger partial charge on any atom is -0.343 e. The molecule has 0 aromatic carbocycles. The van der Waals surface area contributed by atoms with Crippen LogP contribution in [0.25, 0.3) is 0 Å². The molecule has 4 heteroatoms. The SMILES string of the molecule is CN(CCN1CCCC1)C(=O)CNCC1CC1. The maximum Gasteiger partial charge on any atom is 0.236 e. The first-order valence-electron chi connectivity index (χ1n) is 6.93. The Morgan fingerprint density at radius 3 is 2.71 bits per heavy atom. The van der Waals surface area contributed by atoms with Crippen molar-refractivity contribution in [1.29, 1.82) is 0 Å². The highest BCUT2D eigenvalue weighted by molar-refractivity contribution is 5.77. The van der Waals surface area contributed by atoms with Gasteiger partial charge in [-0.2, -0.15) is 0 Å². The van der Waals surface area contributed by atoms with E-state index in [4.69, 9.17) is 0 Å². The highest BCUT2D eigenvalue weighted by atomic mass is 16.2. The molecule has 1 aliphatic carbocycles. The van der Waals surface area contributed by atoms with Gasteiger partial charge in [0.1, 0.15) is 0 Å². The van der Waals surface area contributed by atoms with E-state index in [1.165, 1.54) is 38.8 Å². The lowest BCUT2D eigenvalue weighted by Crippen LogP contribution is -2.40. The molecule has 17 heavy (non-hydrogen) atoms. The van der Waals surface area contributed by atoms with Crippen molar-refractivity contribution in [3.05, 3.63) is 0 Å². The predicted octanol–water partition coefficient (Wildman–Crippen LogP) is 0.540. The number of amides is 1. The summed E-state index contributed by atoms with van der Waals surface area (Å²) in [6.07, 6.45) is 5.32. The number of hydrogen-bond donors (Lipinski definition) is 1. The molecule has 0 unspecified atom stereocenters. The standard InChI is InChI=1S/C13H25N3O/c1-15(8-9-16-6-2-3-7-16)13(17)11-14-10-12-4-5-12/h12,14H,2-11H2,1H3. The molecule has 98 valence electrons. The molecule has 2 rings (SSSR count). The molecule has 0 bridgehead atoms. The van der Waals surface area contributed by atoms with Crippen molar-refractivity contribution in [3.63, 3.8) is 0 Å². The van der Waals surface area contributed by atoms with Gasteiger partial charge in [-0.1, -0.05) is 0 Å². The van der Waals surface area contributed by atoms with Crippen molar-refractivity contribution in [1.82, 2.24) is 15.1 Å². The zero-order valence-electron chi connectivity index (χ0n) is 11.0. The van der Waals surface area contributed by atoms with Gasteiger partial charge >= 0.3 is 0 Å². The van der Waals surface area contributed by atoms with E-state index in [9.17, 15) is 4.79 Å². The van der Waals surface area contributed by atoms with E-state index in [0.717, 1.165) is 25.6 Å². The Morgan fingerprint density at radius 1 is 1.35 bits per heavy atom. The van der Waals surface area contributed by atoms with Gasteiger partial charge in [0, 0.05) is 20.1 Å².